The quantitative estimate of drug-likeness (QED) is 0.865. The van der Waals surface area contributed by atoms with Gasteiger partial charge in [0.25, 0.3) is 0 Å². The maximum atomic E-state index is 4.67. The smallest absolute Gasteiger partial charge is 0.133 e. The average molecular weight is 297 g/mol. The Bertz CT molecular complexity index is 646. The number of fused-ring (bicyclic) bond motifs is 1. The second-order valence-electron chi connectivity index (χ2n) is 6.61. The largest absolute Gasteiger partial charge is 0.355 e. The first-order chi connectivity index (χ1) is 10.8. The first kappa shape index (κ1) is 13.8. The molecule has 0 N–H and O–H groups in total. The summed E-state index contributed by atoms with van der Waals surface area (Å²) in [6.07, 6.45) is 8.78. The lowest BCUT2D eigenvalue weighted by atomic mass is 10.2. The lowest BCUT2D eigenvalue weighted by Gasteiger charge is -2.23. The fourth-order valence-corrected chi connectivity index (χ4v) is 3.26. The molecule has 0 atom stereocenters. The van der Waals surface area contributed by atoms with Crippen molar-refractivity contribution in [2.45, 2.75) is 25.9 Å². The molecule has 0 radical (unpaired) electrons. The molecule has 0 unspecified atom stereocenters. The third kappa shape index (κ3) is 2.99. The first-order valence-electron chi connectivity index (χ1n) is 8.16. The SMILES string of the molecule is Cn1cc(CN2CCN(CC3CC3)c3ncccc3C2)cn1. The zero-order valence-electron chi connectivity index (χ0n) is 13.1. The fourth-order valence-electron chi connectivity index (χ4n) is 3.26. The van der Waals surface area contributed by atoms with Crippen LogP contribution < -0.4 is 4.90 Å². The van der Waals surface area contributed by atoms with Gasteiger partial charge in [0.1, 0.15) is 5.82 Å². The molecule has 5 nitrogen and oxygen atoms in total. The predicted octanol–water partition coefficient (Wildman–Crippen LogP) is 2.05. The van der Waals surface area contributed by atoms with E-state index in [0.717, 1.165) is 32.1 Å². The Hall–Kier alpha value is -1.88. The topological polar surface area (TPSA) is 37.2 Å². The highest BCUT2D eigenvalue weighted by Gasteiger charge is 2.28. The van der Waals surface area contributed by atoms with E-state index < -0.39 is 0 Å². The molecule has 1 fully saturated rings. The van der Waals surface area contributed by atoms with Gasteiger partial charge in [0.15, 0.2) is 0 Å². The Kier molecular flexibility index (Phi) is 3.58. The van der Waals surface area contributed by atoms with Crippen molar-refractivity contribution in [1.29, 1.82) is 0 Å². The molecule has 4 rings (SSSR count). The van der Waals surface area contributed by atoms with Crippen LogP contribution in [0.15, 0.2) is 30.7 Å². The van der Waals surface area contributed by atoms with Crippen LogP contribution in [0, 0.1) is 5.92 Å². The predicted molar refractivity (Wildman–Crippen MR) is 86.5 cm³/mol. The zero-order chi connectivity index (χ0) is 14.9. The van der Waals surface area contributed by atoms with Crippen molar-refractivity contribution in [2.24, 2.45) is 13.0 Å². The zero-order valence-corrected chi connectivity index (χ0v) is 13.1. The van der Waals surface area contributed by atoms with E-state index in [4.69, 9.17) is 0 Å². The summed E-state index contributed by atoms with van der Waals surface area (Å²) in [7, 11) is 1.97. The van der Waals surface area contributed by atoms with Crippen molar-refractivity contribution in [3.8, 4) is 0 Å². The Morgan fingerprint density at radius 3 is 2.95 bits per heavy atom. The van der Waals surface area contributed by atoms with Crippen LogP contribution >= 0.6 is 0 Å². The van der Waals surface area contributed by atoms with Crippen LogP contribution in [0.1, 0.15) is 24.0 Å². The Morgan fingerprint density at radius 2 is 2.18 bits per heavy atom. The van der Waals surface area contributed by atoms with Gasteiger partial charge in [-0.25, -0.2) is 4.98 Å². The maximum absolute atomic E-state index is 4.67. The Morgan fingerprint density at radius 1 is 1.27 bits per heavy atom. The van der Waals surface area contributed by atoms with E-state index in [2.05, 4.69) is 38.2 Å². The summed E-state index contributed by atoms with van der Waals surface area (Å²) in [6.45, 7) is 5.25. The number of hydrogen-bond acceptors (Lipinski definition) is 4. The summed E-state index contributed by atoms with van der Waals surface area (Å²) in [5.74, 6) is 2.09. The highest BCUT2D eigenvalue weighted by molar-refractivity contribution is 5.47. The second kappa shape index (κ2) is 5.72. The molecule has 2 aromatic rings. The third-order valence-corrected chi connectivity index (χ3v) is 4.59. The summed E-state index contributed by atoms with van der Waals surface area (Å²) in [5.41, 5.74) is 2.63. The number of aryl methyl sites for hydroxylation is 1. The van der Waals surface area contributed by atoms with Gasteiger partial charge in [-0.15, -0.1) is 0 Å². The van der Waals surface area contributed by atoms with Crippen LogP contribution in [-0.4, -0.2) is 39.3 Å². The fraction of sp³-hybridized carbons (Fsp3) is 0.529. The van der Waals surface area contributed by atoms with E-state index in [0.29, 0.717) is 0 Å². The number of rotatable bonds is 4. The van der Waals surface area contributed by atoms with Gasteiger partial charge in [-0.1, -0.05) is 6.07 Å². The van der Waals surface area contributed by atoms with E-state index >= 15 is 0 Å². The molecule has 0 spiro atoms. The number of aromatic nitrogens is 3. The van der Waals surface area contributed by atoms with Gasteiger partial charge in [0, 0.05) is 63.3 Å². The van der Waals surface area contributed by atoms with Crippen molar-refractivity contribution in [3.63, 3.8) is 0 Å². The van der Waals surface area contributed by atoms with Crippen molar-refractivity contribution in [1.82, 2.24) is 19.7 Å². The molecule has 2 aliphatic rings. The van der Waals surface area contributed by atoms with Gasteiger partial charge in [-0.2, -0.15) is 5.10 Å². The van der Waals surface area contributed by atoms with Crippen LogP contribution in [0.2, 0.25) is 0 Å². The molecule has 1 saturated carbocycles. The molecule has 22 heavy (non-hydrogen) atoms. The van der Waals surface area contributed by atoms with Gasteiger partial charge < -0.3 is 4.90 Å². The molecule has 3 heterocycles. The summed E-state index contributed by atoms with van der Waals surface area (Å²) in [4.78, 5) is 9.67. The number of hydrogen-bond donors (Lipinski definition) is 0. The van der Waals surface area contributed by atoms with Crippen LogP contribution in [-0.2, 0) is 20.1 Å². The maximum Gasteiger partial charge on any atom is 0.133 e. The molecule has 2 aromatic heterocycles. The van der Waals surface area contributed by atoms with Crippen molar-refractivity contribution in [2.75, 3.05) is 24.5 Å². The Balaban J connectivity index is 1.53. The monoisotopic (exact) mass is 297 g/mol. The molecule has 1 aliphatic heterocycles. The van der Waals surface area contributed by atoms with Crippen LogP contribution in [0.4, 0.5) is 5.82 Å². The summed E-state index contributed by atoms with van der Waals surface area (Å²) in [6, 6.07) is 4.28. The third-order valence-electron chi connectivity index (χ3n) is 4.59. The van der Waals surface area contributed by atoms with Crippen molar-refractivity contribution >= 4 is 5.82 Å². The van der Waals surface area contributed by atoms with E-state index in [1.54, 1.807) is 0 Å². The van der Waals surface area contributed by atoms with Crippen molar-refractivity contribution < 1.29 is 0 Å². The van der Waals surface area contributed by atoms with Crippen LogP contribution in [0.25, 0.3) is 0 Å². The Labute approximate surface area is 131 Å². The lowest BCUT2D eigenvalue weighted by molar-refractivity contribution is 0.268. The normalized spacial score (nSPS) is 19.0. The van der Waals surface area contributed by atoms with Crippen LogP contribution in [0.3, 0.4) is 0 Å². The molecule has 0 aromatic carbocycles. The lowest BCUT2D eigenvalue weighted by Crippen LogP contribution is -2.32. The van der Waals surface area contributed by atoms with Gasteiger partial charge in [0.2, 0.25) is 0 Å². The summed E-state index contributed by atoms with van der Waals surface area (Å²) < 4.78 is 1.88. The molecule has 1 aliphatic carbocycles. The number of anilines is 1. The molecular weight excluding hydrogens is 274 g/mol. The minimum Gasteiger partial charge on any atom is -0.355 e. The highest BCUT2D eigenvalue weighted by Crippen LogP contribution is 2.32. The molecule has 116 valence electrons. The van der Waals surface area contributed by atoms with E-state index in [1.807, 2.05) is 24.1 Å². The van der Waals surface area contributed by atoms with Gasteiger partial charge >= 0.3 is 0 Å². The van der Waals surface area contributed by atoms with E-state index in [1.165, 1.54) is 36.3 Å². The summed E-state index contributed by atoms with van der Waals surface area (Å²) in [5, 5.41) is 4.28. The second-order valence-corrected chi connectivity index (χ2v) is 6.61. The van der Waals surface area contributed by atoms with Crippen molar-refractivity contribution in [3.05, 3.63) is 41.9 Å². The molecule has 0 bridgehead atoms. The average Bonchev–Trinajstić information content (AvgIpc) is 3.27. The standard InChI is InChI=1S/C17H23N5/c1-20-10-15(9-19-20)11-21-7-8-22(12-14-4-5-14)17-16(13-21)3-2-6-18-17/h2-3,6,9-10,14H,4-5,7-8,11-13H2,1H3. The molecule has 0 saturated heterocycles. The summed E-state index contributed by atoms with van der Waals surface area (Å²) >= 11 is 0. The first-order valence-corrected chi connectivity index (χ1v) is 8.16. The number of pyridine rings is 1. The molecule has 0 amide bonds. The van der Waals surface area contributed by atoms with Gasteiger partial charge in [-0.3, -0.25) is 9.58 Å². The minimum atomic E-state index is 0.889. The minimum absolute atomic E-state index is 0.889. The van der Waals surface area contributed by atoms with Gasteiger partial charge in [-0.05, 0) is 24.8 Å². The van der Waals surface area contributed by atoms with Crippen LogP contribution in [0.5, 0.6) is 0 Å². The molecular formula is C17H23N5. The number of nitrogens with zero attached hydrogens (tertiary/aromatic N) is 5. The van der Waals surface area contributed by atoms with E-state index in [9.17, 15) is 0 Å². The van der Waals surface area contributed by atoms with E-state index in [-0.39, 0.29) is 0 Å². The molecule has 5 heteroatoms. The van der Waals surface area contributed by atoms with Gasteiger partial charge in [0.05, 0.1) is 6.20 Å². The highest BCUT2D eigenvalue weighted by atomic mass is 15.3.